The van der Waals surface area contributed by atoms with Gasteiger partial charge in [0.15, 0.2) is 0 Å². The quantitative estimate of drug-likeness (QED) is 0.727. The van der Waals surface area contributed by atoms with E-state index in [4.69, 9.17) is 0 Å². The van der Waals surface area contributed by atoms with Crippen molar-refractivity contribution in [3.8, 4) is 0 Å². The van der Waals surface area contributed by atoms with Crippen molar-refractivity contribution in [3.63, 3.8) is 0 Å². The van der Waals surface area contributed by atoms with E-state index in [1.54, 1.807) is 0 Å². The molecule has 0 saturated carbocycles. The molecule has 0 unspecified atom stereocenters. The van der Waals surface area contributed by atoms with Crippen molar-refractivity contribution in [3.05, 3.63) is 29.8 Å². The van der Waals surface area contributed by atoms with Crippen molar-refractivity contribution in [2.24, 2.45) is 0 Å². The maximum atomic E-state index is 3.52. The van der Waals surface area contributed by atoms with Crippen LogP contribution in [0.5, 0.6) is 0 Å². The summed E-state index contributed by atoms with van der Waals surface area (Å²) in [7, 11) is 2.14. The second-order valence-electron chi connectivity index (χ2n) is 4.49. The Kier molecular flexibility index (Phi) is 3.59. The fraction of sp³-hybridized carbons (Fsp3) is 0.500. The van der Waals surface area contributed by atoms with Crippen molar-refractivity contribution < 1.29 is 0 Å². The van der Waals surface area contributed by atoms with E-state index in [0.29, 0.717) is 0 Å². The van der Waals surface area contributed by atoms with Crippen LogP contribution in [0, 0.1) is 0 Å². The molecule has 1 nitrogen and oxygen atoms in total. The molecule has 1 aromatic rings. The van der Waals surface area contributed by atoms with Crippen LogP contribution in [0.2, 0.25) is 0 Å². The zero-order valence-corrected chi connectivity index (χ0v) is 10.9. The van der Waals surface area contributed by atoms with Crippen LogP contribution in [-0.4, -0.2) is 12.6 Å². The maximum absolute atomic E-state index is 3.52. The molecule has 0 bridgehead atoms. The van der Waals surface area contributed by atoms with Gasteiger partial charge in [0.2, 0.25) is 0 Å². The first-order chi connectivity index (χ1) is 6.46. The van der Waals surface area contributed by atoms with Gasteiger partial charge in [0.05, 0.1) is 0 Å². The standard InChI is InChI=1S/C12H18BrN/c1-12(2,3)14(4)11-8-6-5-7-10(11)9-13/h5-8H,9H2,1-4H3. The molecular formula is C12H18BrN. The molecule has 0 heterocycles. The summed E-state index contributed by atoms with van der Waals surface area (Å²) in [4.78, 5) is 2.31. The molecule has 2 heteroatoms. The summed E-state index contributed by atoms with van der Waals surface area (Å²) in [5, 5.41) is 0.906. The zero-order chi connectivity index (χ0) is 10.8. The van der Waals surface area contributed by atoms with E-state index < -0.39 is 0 Å². The average Bonchev–Trinajstić information content (AvgIpc) is 2.15. The van der Waals surface area contributed by atoms with E-state index in [1.807, 2.05) is 0 Å². The highest BCUT2D eigenvalue weighted by molar-refractivity contribution is 9.08. The minimum absolute atomic E-state index is 0.165. The molecule has 1 aromatic carbocycles. The molecule has 0 aliphatic carbocycles. The molecule has 0 N–H and O–H groups in total. The first kappa shape index (κ1) is 11.6. The number of hydrogen-bond acceptors (Lipinski definition) is 1. The highest BCUT2D eigenvalue weighted by atomic mass is 79.9. The summed E-state index contributed by atoms with van der Waals surface area (Å²) < 4.78 is 0. The Morgan fingerprint density at radius 3 is 2.29 bits per heavy atom. The number of benzene rings is 1. The van der Waals surface area contributed by atoms with Gasteiger partial charge in [0, 0.05) is 23.6 Å². The number of anilines is 1. The van der Waals surface area contributed by atoms with Gasteiger partial charge < -0.3 is 4.90 Å². The minimum Gasteiger partial charge on any atom is -0.370 e. The minimum atomic E-state index is 0.165. The number of nitrogens with zero attached hydrogens (tertiary/aromatic N) is 1. The van der Waals surface area contributed by atoms with Crippen molar-refractivity contribution in [2.45, 2.75) is 31.6 Å². The third kappa shape index (κ3) is 2.50. The van der Waals surface area contributed by atoms with Crippen molar-refractivity contribution in [1.29, 1.82) is 0 Å². The second-order valence-corrected chi connectivity index (χ2v) is 5.05. The average molecular weight is 256 g/mol. The number of halogens is 1. The summed E-state index contributed by atoms with van der Waals surface area (Å²) >= 11 is 3.52. The van der Waals surface area contributed by atoms with Crippen molar-refractivity contribution >= 4 is 21.6 Å². The van der Waals surface area contributed by atoms with Gasteiger partial charge in [-0.15, -0.1) is 0 Å². The lowest BCUT2D eigenvalue weighted by molar-refractivity contribution is 0.538. The van der Waals surface area contributed by atoms with E-state index in [-0.39, 0.29) is 5.54 Å². The smallest absolute Gasteiger partial charge is 0.0409 e. The van der Waals surface area contributed by atoms with Crippen molar-refractivity contribution in [2.75, 3.05) is 11.9 Å². The number of hydrogen-bond donors (Lipinski definition) is 0. The van der Waals surface area contributed by atoms with Crippen LogP contribution in [0.4, 0.5) is 5.69 Å². The predicted octanol–water partition coefficient (Wildman–Crippen LogP) is 3.82. The third-order valence-electron chi connectivity index (χ3n) is 2.50. The number of alkyl halides is 1. The molecule has 0 spiro atoms. The lowest BCUT2D eigenvalue weighted by Gasteiger charge is -2.35. The van der Waals surface area contributed by atoms with E-state index in [2.05, 4.69) is 72.9 Å². The predicted molar refractivity (Wildman–Crippen MR) is 67.2 cm³/mol. The first-order valence-electron chi connectivity index (χ1n) is 4.84. The van der Waals surface area contributed by atoms with Crippen LogP contribution in [0.15, 0.2) is 24.3 Å². The summed E-state index contributed by atoms with van der Waals surface area (Å²) in [6.07, 6.45) is 0. The second kappa shape index (κ2) is 4.35. The van der Waals surface area contributed by atoms with Crippen molar-refractivity contribution in [1.82, 2.24) is 0 Å². The molecular weight excluding hydrogens is 238 g/mol. The van der Waals surface area contributed by atoms with Gasteiger partial charge in [-0.05, 0) is 32.4 Å². The van der Waals surface area contributed by atoms with Gasteiger partial charge in [0.25, 0.3) is 0 Å². The lowest BCUT2D eigenvalue weighted by atomic mass is 10.0. The number of rotatable bonds is 2. The topological polar surface area (TPSA) is 3.24 Å². The van der Waals surface area contributed by atoms with Crippen LogP contribution in [0.1, 0.15) is 26.3 Å². The van der Waals surface area contributed by atoms with Gasteiger partial charge in [-0.1, -0.05) is 34.1 Å². The van der Waals surface area contributed by atoms with Gasteiger partial charge in [0.1, 0.15) is 0 Å². The molecule has 0 aliphatic heterocycles. The van der Waals surface area contributed by atoms with Gasteiger partial charge in [-0.2, -0.15) is 0 Å². The van der Waals surface area contributed by atoms with Crippen LogP contribution < -0.4 is 4.90 Å². The Hall–Kier alpha value is -0.500. The maximum Gasteiger partial charge on any atom is 0.0409 e. The zero-order valence-electron chi connectivity index (χ0n) is 9.34. The molecule has 1 rings (SSSR count). The molecule has 14 heavy (non-hydrogen) atoms. The highest BCUT2D eigenvalue weighted by Crippen LogP contribution is 2.26. The van der Waals surface area contributed by atoms with Crippen LogP contribution in [0.25, 0.3) is 0 Å². The fourth-order valence-corrected chi connectivity index (χ4v) is 1.79. The normalized spacial score (nSPS) is 11.5. The first-order valence-corrected chi connectivity index (χ1v) is 5.96. The highest BCUT2D eigenvalue weighted by Gasteiger charge is 2.18. The Morgan fingerprint density at radius 1 is 1.21 bits per heavy atom. The summed E-state index contributed by atoms with van der Waals surface area (Å²) in [5.41, 5.74) is 2.81. The summed E-state index contributed by atoms with van der Waals surface area (Å²) in [5.74, 6) is 0. The lowest BCUT2D eigenvalue weighted by Crippen LogP contribution is -2.38. The fourth-order valence-electron chi connectivity index (χ4n) is 1.31. The van der Waals surface area contributed by atoms with Crippen LogP contribution in [-0.2, 0) is 5.33 Å². The largest absolute Gasteiger partial charge is 0.370 e. The monoisotopic (exact) mass is 255 g/mol. The molecule has 0 aliphatic rings. The summed E-state index contributed by atoms with van der Waals surface area (Å²) in [6, 6.07) is 8.49. The molecule has 0 fully saturated rings. The molecule has 78 valence electrons. The third-order valence-corrected chi connectivity index (χ3v) is 3.11. The molecule has 0 saturated heterocycles. The molecule has 0 amide bonds. The SMILES string of the molecule is CN(c1ccccc1CBr)C(C)(C)C. The Balaban J connectivity index is 3.06. The Morgan fingerprint density at radius 2 is 1.79 bits per heavy atom. The summed E-state index contributed by atoms with van der Waals surface area (Å²) in [6.45, 7) is 6.66. The van der Waals surface area contributed by atoms with Gasteiger partial charge in [-0.3, -0.25) is 0 Å². The van der Waals surface area contributed by atoms with Gasteiger partial charge >= 0.3 is 0 Å². The Labute approximate surface area is 95.2 Å². The van der Waals surface area contributed by atoms with Gasteiger partial charge in [-0.25, -0.2) is 0 Å². The number of para-hydroxylation sites is 1. The van der Waals surface area contributed by atoms with E-state index >= 15 is 0 Å². The van der Waals surface area contributed by atoms with E-state index in [9.17, 15) is 0 Å². The Bertz CT molecular complexity index is 301. The molecule has 0 atom stereocenters. The van der Waals surface area contributed by atoms with E-state index in [1.165, 1.54) is 11.3 Å². The molecule has 0 aromatic heterocycles. The molecule has 0 radical (unpaired) electrons. The van der Waals surface area contributed by atoms with E-state index in [0.717, 1.165) is 5.33 Å². The van der Waals surface area contributed by atoms with Crippen LogP contribution in [0.3, 0.4) is 0 Å². The van der Waals surface area contributed by atoms with Crippen LogP contribution >= 0.6 is 15.9 Å².